The molecule has 0 radical (unpaired) electrons. The Morgan fingerprint density at radius 1 is 1.41 bits per heavy atom. The summed E-state index contributed by atoms with van der Waals surface area (Å²) in [5, 5.41) is 22.0. The number of benzene rings is 1. The third-order valence-corrected chi connectivity index (χ3v) is 7.48. The molecule has 4 N–H and O–H groups in total. The number of aliphatic hydroxyl groups is 1. The van der Waals surface area contributed by atoms with Crippen LogP contribution in [0, 0.1) is 0 Å². The number of phenolic OH excluding ortho intramolecular Hbond substituents is 1. The summed E-state index contributed by atoms with van der Waals surface area (Å²) in [7, 11) is 2.13. The fourth-order valence-electron chi connectivity index (χ4n) is 6.74. The van der Waals surface area contributed by atoms with Gasteiger partial charge in [-0.05, 0) is 44.4 Å². The normalized spacial score (nSPS) is 55.4. The molecule has 2 spiro atoms. The Bertz CT molecular complexity index is 752. The quantitative estimate of drug-likeness (QED) is 0.599. The number of aromatic hydroxyl groups is 1. The van der Waals surface area contributed by atoms with Crippen LogP contribution in [0.5, 0.6) is 11.5 Å². The lowest BCUT2D eigenvalue weighted by atomic mass is 9.56. The molecule has 22 heavy (non-hydrogen) atoms. The highest BCUT2D eigenvalue weighted by molar-refractivity contribution is 5.66. The van der Waals surface area contributed by atoms with E-state index in [9.17, 15) is 10.2 Å². The number of phenols is 1. The molecule has 3 aliphatic carbocycles. The van der Waals surface area contributed by atoms with Gasteiger partial charge in [-0.25, -0.2) is 0 Å². The van der Waals surface area contributed by atoms with Crippen LogP contribution in [0.2, 0.25) is 0 Å². The van der Waals surface area contributed by atoms with E-state index in [1.54, 1.807) is 6.07 Å². The minimum Gasteiger partial charge on any atom is -0.504 e. The lowest BCUT2D eigenvalue weighted by Crippen LogP contribution is -2.67. The molecule has 1 aromatic rings. The molecule has 2 saturated carbocycles. The van der Waals surface area contributed by atoms with Crippen LogP contribution < -0.4 is 10.5 Å². The average molecular weight is 300 g/mol. The predicted octanol–water partition coefficient (Wildman–Crippen LogP) is 0.256. The Morgan fingerprint density at radius 3 is 3.05 bits per heavy atom. The van der Waals surface area contributed by atoms with Gasteiger partial charge >= 0.3 is 0 Å². The highest BCUT2D eigenvalue weighted by Gasteiger charge is 2.87. The van der Waals surface area contributed by atoms with E-state index in [0.29, 0.717) is 5.75 Å². The molecule has 6 rings (SSSR count). The minimum atomic E-state index is -0.785. The molecule has 1 aromatic carbocycles. The Kier molecular flexibility index (Phi) is 1.67. The number of piperidine rings is 1. The molecule has 5 aliphatic rings. The van der Waals surface area contributed by atoms with Crippen molar-refractivity contribution in [2.75, 3.05) is 7.05 Å². The van der Waals surface area contributed by atoms with Gasteiger partial charge in [-0.3, -0.25) is 4.90 Å². The Labute approximate surface area is 128 Å². The van der Waals surface area contributed by atoms with Gasteiger partial charge in [0.05, 0.1) is 17.1 Å². The summed E-state index contributed by atoms with van der Waals surface area (Å²) in [4.78, 5) is 2.35. The largest absolute Gasteiger partial charge is 0.504 e. The number of hydrogen-bond acceptors (Lipinski definition) is 5. The first-order valence-corrected chi connectivity index (χ1v) is 8.19. The van der Waals surface area contributed by atoms with Crippen LogP contribution in [0.25, 0.3) is 0 Å². The maximum atomic E-state index is 11.7. The summed E-state index contributed by atoms with van der Waals surface area (Å²) in [5.41, 5.74) is 7.51. The van der Waals surface area contributed by atoms with Crippen molar-refractivity contribution in [3.8, 4) is 11.5 Å². The highest BCUT2D eigenvalue weighted by atomic mass is 16.5. The van der Waals surface area contributed by atoms with Crippen LogP contribution in [0.15, 0.2) is 12.1 Å². The van der Waals surface area contributed by atoms with E-state index < -0.39 is 11.0 Å². The fraction of sp³-hybridized carbons (Fsp3) is 0.647. The maximum Gasteiger partial charge on any atom is 0.165 e. The molecule has 2 bridgehead atoms. The highest BCUT2D eigenvalue weighted by Crippen LogP contribution is 2.76. The fourth-order valence-corrected chi connectivity index (χ4v) is 6.74. The van der Waals surface area contributed by atoms with Crippen molar-refractivity contribution in [1.82, 2.24) is 4.90 Å². The van der Waals surface area contributed by atoms with Gasteiger partial charge in [0.2, 0.25) is 0 Å². The van der Waals surface area contributed by atoms with Gasteiger partial charge in [-0.15, -0.1) is 0 Å². The number of likely N-dealkylation sites (N-methyl/N-ethyl adjacent to an activating group) is 1. The van der Waals surface area contributed by atoms with Gasteiger partial charge in [0.1, 0.15) is 6.10 Å². The standard InChI is InChI=1S/C17H20N2O3/c1-19-14-15(19)6-8-2-3-10(20)12-11(8)16(7-15)13(22-12)9(18)4-5-17(14,16)21/h2-3,9,13-14,20-21H,4-7,18H2,1H3/t9-,13-,14?,15?,16?,17?,19?/m0/s1. The number of nitrogens with zero attached hydrogens (tertiary/aromatic N) is 1. The number of likely N-dealkylation sites (tertiary alicyclic amines) is 1. The van der Waals surface area contributed by atoms with Crippen LogP contribution in [0.4, 0.5) is 0 Å². The van der Waals surface area contributed by atoms with E-state index in [-0.39, 0.29) is 29.5 Å². The Balaban J connectivity index is 1.73. The number of hydrogen-bond donors (Lipinski definition) is 3. The molecular formula is C17H20N2O3. The Hall–Kier alpha value is -1.30. The second kappa shape index (κ2) is 3.03. The summed E-state index contributed by atoms with van der Waals surface area (Å²) in [5.74, 6) is 0.763. The number of rotatable bonds is 0. The predicted molar refractivity (Wildman–Crippen MR) is 79.0 cm³/mol. The molecule has 3 fully saturated rings. The van der Waals surface area contributed by atoms with E-state index >= 15 is 0 Å². The van der Waals surface area contributed by atoms with Crippen molar-refractivity contribution in [3.63, 3.8) is 0 Å². The first-order chi connectivity index (χ1) is 10.5. The SMILES string of the molecule is CN1C2C13Cc1ccc(O)c4c1C1(C3)[C@@H](O4)[C@@H](N)CCC21O. The Morgan fingerprint density at radius 2 is 2.23 bits per heavy atom. The van der Waals surface area contributed by atoms with Crippen molar-refractivity contribution < 1.29 is 14.9 Å². The van der Waals surface area contributed by atoms with E-state index in [1.807, 2.05) is 6.07 Å². The molecule has 7 atom stereocenters. The van der Waals surface area contributed by atoms with E-state index in [2.05, 4.69) is 11.9 Å². The van der Waals surface area contributed by atoms with Gasteiger partial charge in [0, 0.05) is 17.1 Å². The van der Waals surface area contributed by atoms with Crippen molar-refractivity contribution in [2.24, 2.45) is 5.73 Å². The van der Waals surface area contributed by atoms with Crippen LogP contribution in [-0.4, -0.2) is 51.5 Å². The smallest absolute Gasteiger partial charge is 0.165 e. The molecule has 5 unspecified atom stereocenters. The lowest BCUT2D eigenvalue weighted by molar-refractivity contribution is -0.111. The van der Waals surface area contributed by atoms with Crippen molar-refractivity contribution in [3.05, 3.63) is 23.3 Å². The molecule has 116 valence electrons. The maximum absolute atomic E-state index is 11.7. The average Bonchev–Trinajstić information content (AvgIpc) is 2.82. The minimum absolute atomic E-state index is 0.0615. The number of ether oxygens (including phenoxy) is 1. The molecule has 5 heteroatoms. The van der Waals surface area contributed by atoms with Gasteiger partial charge in [0.15, 0.2) is 11.5 Å². The van der Waals surface area contributed by atoms with Gasteiger partial charge < -0.3 is 20.7 Å². The van der Waals surface area contributed by atoms with Crippen molar-refractivity contribution in [2.45, 2.75) is 60.4 Å². The zero-order chi connectivity index (χ0) is 15.1. The molecule has 0 amide bonds. The van der Waals surface area contributed by atoms with Crippen LogP contribution in [-0.2, 0) is 11.8 Å². The first-order valence-electron chi connectivity index (χ1n) is 8.19. The van der Waals surface area contributed by atoms with Crippen molar-refractivity contribution in [1.29, 1.82) is 0 Å². The summed E-state index contributed by atoms with van der Waals surface area (Å²) in [6.07, 6.45) is 3.12. The summed E-state index contributed by atoms with van der Waals surface area (Å²) in [6, 6.07) is 3.85. The first kappa shape index (κ1) is 12.2. The third-order valence-electron chi connectivity index (χ3n) is 7.48. The second-order valence-corrected chi connectivity index (χ2v) is 8.06. The number of nitrogens with two attached hydrogens (primary N) is 1. The monoisotopic (exact) mass is 300 g/mol. The lowest BCUT2D eigenvalue weighted by Gasteiger charge is -2.52. The topological polar surface area (TPSA) is 78.7 Å². The summed E-state index contributed by atoms with van der Waals surface area (Å²) < 4.78 is 6.18. The summed E-state index contributed by atoms with van der Waals surface area (Å²) >= 11 is 0. The van der Waals surface area contributed by atoms with Crippen LogP contribution >= 0.6 is 0 Å². The second-order valence-electron chi connectivity index (χ2n) is 8.06. The molecular weight excluding hydrogens is 280 g/mol. The zero-order valence-corrected chi connectivity index (χ0v) is 12.5. The molecule has 5 nitrogen and oxygen atoms in total. The van der Waals surface area contributed by atoms with Crippen LogP contribution in [0.1, 0.15) is 30.4 Å². The van der Waals surface area contributed by atoms with E-state index in [4.69, 9.17) is 10.5 Å². The van der Waals surface area contributed by atoms with Crippen molar-refractivity contribution >= 4 is 0 Å². The van der Waals surface area contributed by atoms with E-state index in [0.717, 1.165) is 31.2 Å². The molecule has 2 aliphatic heterocycles. The molecule has 1 saturated heterocycles. The van der Waals surface area contributed by atoms with Gasteiger partial charge in [-0.2, -0.15) is 0 Å². The summed E-state index contributed by atoms with van der Waals surface area (Å²) in [6.45, 7) is 0. The zero-order valence-electron chi connectivity index (χ0n) is 12.5. The molecule has 0 aromatic heterocycles. The van der Waals surface area contributed by atoms with Crippen LogP contribution in [0.3, 0.4) is 0 Å². The van der Waals surface area contributed by atoms with E-state index in [1.165, 1.54) is 5.56 Å². The molecule has 2 heterocycles. The van der Waals surface area contributed by atoms with Gasteiger partial charge in [-0.1, -0.05) is 6.07 Å². The van der Waals surface area contributed by atoms with Gasteiger partial charge in [0.25, 0.3) is 0 Å². The number of fused-ring (bicyclic) bond motifs is 1. The third kappa shape index (κ3) is 0.878.